The van der Waals surface area contributed by atoms with Gasteiger partial charge in [-0.1, -0.05) is 429 Å². The fourth-order valence-electron chi connectivity index (χ4n) is 8.68. The number of nitrogens with zero attached hydrogens (tertiary/aromatic N) is 3. The Labute approximate surface area is 689 Å². The third kappa shape index (κ3) is 71.2. The molecule has 0 unspecified atom stereocenters. The lowest BCUT2D eigenvalue weighted by atomic mass is 9.92. The van der Waals surface area contributed by atoms with Crippen LogP contribution in [0.2, 0.25) is 0 Å². The summed E-state index contributed by atoms with van der Waals surface area (Å²) in [4.78, 5) is 15.2. The summed E-state index contributed by atoms with van der Waals surface area (Å²) in [5, 5.41) is 13.7. The number of anilines is 1. The van der Waals surface area contributed by atoms with Crippen LogP contribution in [-0.2, 0) is 32.1 Å². The Kier molecular flexibility index (Phi) is 132. The maximum Gasteiger partial charge on any atom is 0.0453 e. The first-order chi connectivity index (χ1) is 54.7. The van der Waals surface area contributed by atoms with E-state index in [-0.39, 0.29) is 0 Å². The van der Waals surface area contributed by atoms with E-state index in [0.29, 0.717) is 0 Å². The molecule has 2 aliphatic carbocycles. The molecule has 5 aromatic heterocycles. The smallest absolute Gasteiger partial charge is 0.0453 e. The molecular weight excluding hydrogens is 1350 g/mol. The molecule has 0 amide bonds. The van der Waals surface area contributed by atoms with Gasteiger partial charge in [-0.2, -0.15) is 11.3 Å². The highest BCUT2D eigenvalue weighted by atomic mass is 32.1. The van der Waals surface area contributed by atoms with E-state index in [0.717, 1.165) is 6.54 Å². The number of benzene rings is 7. The van der Waals surface area contributed by atoms with E-state index >= 15 is 0 Å². The number of aryl methyl sites for hydroxylation is 5. The first-order valence-electron chi connectivity index (χ1n) is 43.6. The molecule has 1 aliphatic heterocycles. The number of hydrogen-bond donors (Lipinski definition) is 2. The van der Waals surface area contributed by atoms with Crippen molar-refractivity contribution in [2.45, 2.75) is 300 Å². The van der Waals surface area contributed by atoms with Crippen LogP contribution in [0.1, 0.15) is 295 Å². The molecular formula is C104H173N5S. The second-order valence-electron chi connectivity index (χ2n) is 18.2. The second-order valence-corrected chi connectivity index (χ2v) is 19.0. The van der Waals surface area contributed by atoms with Gasteiger partial charge in [-0.3, -0.25) is 15.0 Å². The third-order valence-electron chi connectivity index (χ3n) is 12.7. The van der Waals surface area contributed by atoms with Gasteiger partial charge in [-0.25, -0.2) is 0 Å². The average Bonchev–Trinajstić information content (AvgIpc) is 1.80. The molecule has 5 nitrogen and oxygen atoms in total. The minimum Gasteiger partial charge on any atom is -0.384 e. The molecule has 0 atom stereocenters. The van der Waals surface area contributed by atoms with E-state index in [1.54, 1.807) is 34.9 Å². The van der Waals surface area contributed by atoms with Crippen LogP contribution in [0.4, 0.5) is 5.69 Å². The van der Waals surface area contributed by atoms with Gasteiger partial charge in [0.2, 0.25) is 0 Å². The Hall–Kier alpha value is -8.45. The van der Waals surface area contributed by atoms with Gasteiger partial charge in [-0.05, 0) is 167 Å². The van der Waals surface area contributed by atoms with Gasteiger partial charge in [0.15, 0.2) is 0 Å². The molecule has 12 aromatic rings. The Morgan fingerprint density at radius 2 is 0.618 bits per heavy atom. The van der Waals surface area contributed by atoms with Gasteiger partial charge >= 0.3 is 0 Å². The lowest BCUT2D eigenvalue weighted by Gasteiger charge is -2.13. The summed E-state index contributed by atoms with van der Waals surface area (Å²) in [7, 11) is 0. The maximum atomic E-state index is 4.32. The van der Waals surface area contributed by atoms with Crippen LogP contribution in [-0.4, -0.2) is 26.5 Å². The third-order valence-corrected chi connectivity index (χ3v) is 13.3. The van der Waals surface area contributed by atoms with Crippen molar-refractivity contribution in [2.75, 3.05) is 11.9 Å². The monoisotopic (exact) mass is 1520 g/mol. The van der Waals surface area contributed by atoms with Crippen LogP contribution in [0, 0.1) is 6.92 Å². The SMILES string of the molecule is CC.CC.CC.CC.CC.CC.CC.CC.CC.CC.CC.CC.CC.CC.CC.CC.CC.Cc1ccccc1.c1ccc2[nH]ccc2c1.c1ccc2c(c1)CCCC2.c1ccc2c(c1)CCN2.c1ccc2ccccc2c1.c1ccc2cnccc2c1.c1ccncc1.c1ccsc1.c1cnc2c(c1)CCCC2. The fraction of sp³-hybridized carbons (Fsp3) is 0.433. The Bertz CT molecular complexity index is 2990. The number of thiophene rings is 1. The van der Waals surface area contributed by atoms with E-state index < -0.39 is 0 Å². The molecule has 15 rings (SSSR count). The number of pyridine rings is 3. The van der Waals surface area contributed by atoms with Gasteiger partial charge < -0.3 is 10.3 Å². The molecule has 0 saturated carbocycles. The summed E-state index contributed by atoms with van der Waals surface area (Å²) < 4.78 is 0. The number of rotatable bonds is 0. The largest absolute Gasteiger partial charge is 0.384 e. The van der Waals surface area contributed by atoms with E-state index in [9.17, 15) is 0 Å². The van der Waals surface area contributed by atoms with Crippen molar-refractivity contribution >= 4 is 49.5 Å². The average molecular weight is 1530 g/mol. The summed E-state index contributed by atoms with van der Waals surface area (Å²) in [6.07, 6.45) is 22.7. The summed E-state index contributed by atoms with van der Waals surface area (Å²) in [5.41, 5.74) is 11.2. The number of hydrogen-bond acceptors (Lipinski definition) is 5. The zero-order chi connectivity index (χ0) is 86.3. The molecule has 0 radical (unpaired) electrons. The Morgan fingerprint density at radius 3 is 0.982 bits per heavy atom. The van der Waals surface area contributed by atoms with E-state index in [4.69, 9.17) is 0 Å². The van der Waals surface area contributed by atoms with Crippen LogP contribution in [0.25, 0.3) is 32.4 Å². The molecule has 0 bridgehead atoms. The number of nitrogens with one attached hydrogen (secondary N) is 2. The van der Waals surface area contributed by atoms with Gasteiger partial charge in [0, 0.05) is 60.6 Å². The van der Waals surface area contributed by atoms with Gasteiger partial charge in [-0.15, -0.1) is 0 Å². The minimum absolute atomic E-state index is 1.11. The first-order valence-corrected chi connectivity index (χ1v) is 44.5. The summed E-state index contributed by atoms with van der Waals surface area (Å²) >= 11 is 1.71. The zero-order valence-electron chi connectivity index (χ0n) is 77.9. The van der Waals surface area contributed by atoms with E-state index in [1.165, 1.54) is 118 Å². The number of para-hydroxylation sites is 2. The molecule has 6 heteroatoms. The van der Waals surface area contributed by atoms with Gasteiger partial charge in [0.05, 0.1) is 0 Å². The topological polar surface area (TPSA) is 66.5 Å². The number of aromatic nitrogens is 4. The molecule has 0 fully saturated rings. The molecule has 6 heterocycles. The fourth-order valence-corrected chi connectivity index (χ4v) is 9.13. The highest BCUT2D eigenvalue weighted by Gasteiger charge is 2.08. The molecule has 620 valence electrons. The highest BCUT2D eigenvalue weighted by Crippen LogP contribution is 2.22. The lowest BCUT2D eigenvalue weighted by Crippen LogP contribution is -2.03. The predicted molar refractivity (Wildman–Crippen MR) is 519 cm³/mol. The quantitative estimate of drug-likeness (QED) is 0.159. The molecule has 2 N–H and O–H groups in total. The molecule has 3 aliphatic rings. The molecule has 7 aromatic carbocycles. The number of fused-ring (bicyclic) bond motifs is 6. The van der Waals surface area contributed by atoms with Crippen molar-refractivity contribution in [1.82, 2.24) is 19.9 Å². The first kappa shape index (κ1) is 125. The lowest BCUT2D eigenvalue weighted by molar-refractivity contribution is 0.668. The Morgan fingerprint density at radius 1 is 0.264 bits per heavy atom. The van der Waals surface area contributed by atoms with E-state index in [2.05, 4.69) is 178 Å². The van der Waals surface area contributed by atoms with Crippen molar-refractivity contribution in [3.8, 4) is 0 Å². The zero-order valence-corrected chi connectivity index (χ0v) is 78.7. The maximum absolute atomic E-state index is 4.32. The van der Waals surface area contributed by atoms with Crippen molar-refractivity contribution in [1.29, 1.82) is 0 Å². The van der Waals surface area contributed by atoms with Crippen molar-refractivity contribution in [3.63, 3.8) is 0 Å². The Balaban J connectivity index is -0.000000107. The standard InChI is InChI=1S/C10H12.C10H8.C9H11N.C9H7N.C8H9N.C8H7N.C7H8.C5H5N.C4H4S.17C2H6/c2*1-2-6-10-8-4-3-7-9(10)5-1;1-2-6-9-8(4-1)5-3-7-10-9;1-2-4-9-7-10-6-5-8(9)3-1;2*1-2-4-8-7(3-1)5-6-9-8;1-7-5-3-2-4-6-7;1-2-4-6-5-3-1;1-2-4-5-3-1;17*1-2/h1-2,5-6H,3-4,7-8H2;1-8H;3,5,7H,1-2,4,6H2;1-7H;1-4,9H,5-6H2;1-6,9H;2-6H,1H3;1-5H;1-4H;17*1-2H3. The van der Waals surface area contributed by atoms with Crippen molar-refractivity contribution in [3.05, 3.63) is 312 Å². The normalized spacial score (nSPS) is 9.12. The second kappa shape index (κ2) is 116. The molecule has 0 saturated heterocycles. The van der Waals surface area contributed by atoms with Crippen molar-refractivity contribution < 1.29 is 0 Å². The summed E-state index contributed by atoms with van der Waals surface area (Å²) in [5.74, 6) is 0. The van der Waals surface area contributed by atoms with Gasteiger partial charge in [0.1, 0.15) is 0 Å². The number of H-pyrrole nitrogens is 1. The van der Waals surface area contributed by atoms with Crippen LogP contribution < -0.4 is 5.32 Å². The van der Waals surface area contributed by atoms with Crippen LogP contribution in [0.15, 0.2) is 278 Å². The van der Waals surface area contributed by atoms with Crippen molar-refractivity contribution in [2.24, 2.45) is 0 Å². The number of aromatic amines is 1. The molecule has 0 spiro atoms. The van der Waals surface area contributed by atoms with Crippen LogP contribution >= 0.6 is 11.3 Å². The predicted octanol–water partition coefficient (Wildman–Crippen LogP) is 35.7. The highest BCUT2D eigenvalue weighted by molar-refractivity contribution is 7.07. The summed E-state index contributed by atoms with van der Waals surface area (Å²) in [6.45, 7) is 71.2. The van der Waals surface area contributed by atoms with E-state index in [1.807, 2.05) is 356 Å². The molecule has 110 heavy (non-hydrogen) atoms. The van der Waals surface area contributed by atoms with Crippen LogP contribution in [0.3, 0.4) is 0 Å². The van der Waals surface area contributed by atoms with Crippen LogP contribution in [0.5, 0.6) is 0 Å². The summed E-state index contributed by atoms with van der Waals surface area (Å²) in [6, 6.07) is 78.7. The van der Waals surface area contributed by atoms with Gasteiger partial charge in [0.25, 0.3) is 0 Å². The minimum atomic E-state index is 1.11.